The van der Waals surface area contributed by atoms with E-state index in [1.807, 2.05) is 54.2 Å². The molecule has 236 valence electrons. The second kappa shape index (κ2) is 11.8. The number of fused-ring (bicyclic) bond motifs is 9. The number of hydrogen-bond acceptors (Lipinski definition) is 5. The molecule has 0 bridgehead atoms. The standard InChI is InChI=1S/C45H29N3OS/c1-3-13-29(14-4-1)37-27-38(47-45(46-37)31-15-5-2-6-16-31)30-23-25-32(26-24-30)48-39-20-10-11-21-40(39)49-44-34-18-8-7-17-33(34)42-35-19-9-12-22-41(35)50-28-36(42)43(44)48/h1-27H,28H2. The summed E-state index contributed by atoms with van der Waals surface area (Å²) in [5, 5.41) is 2.33. The van der Waals surface area contributed by atoms with Gasteiger partial charge in [-0.25, -0.2) is 9.97 Å². The number of ether oxygens (including phenoxy) is 1. The summed E-state index contributed by atoms with van der Waals surface area (Å²) in [5.41, 5.74) is 11.9. The molecule has 0 fully saturated rings. The number of rotatable bonds is 4. The van der Waals surface area contributed by atoms with E-state index in [9.17, 15) is 0 Å². The maximum absolute atomic E-state index is 6.83. The second-order valence-corrected chi connectivity index (χ2v) is 13.5. The average molecular weight is 660 g/mol. The van der Waals surface area contributed by atoms with E-state index in [2.05, 4.69) is 126 Å². The predicted molar refractivity (Wildman–Crippen MR) is 206 cm³/mol. The molecule has 1 aromatic heterocycles. The molecule has 0 aliphatic carbocycles. The first-order valence-electron chi connectivity index (χ1n) is 16.8. The number of thioether (sulfide) groups is 1. The van der Waals surface area contributed by atoms with Gasteiger partial charge < -0.3 is 9.64 Å². The molecule has 10 rings (SSSR count). The highest BCUT2D eigenvalue weighted by molar-refractivity contribution is 7.98. The number of hydrogen-bond donors (Lipinski definition) is 0. The lowest BCUT2D eigenvalue weighted by Crippen LogP contribution is -2.19. The molecule has 2 aliphatic heterocycles. The van der Waals surface area contributed by atoms with Gasteiger partial charge in [0.1, 0.15) is 0 Å². The third-order valence-corrected chi connectivity index (χ3v) is 10.7. The van der Waals surface area contributed by atoms with Crippen LogP contribution >= 0.6 is 11.8 Å². The van der Waals surface area contributed by atoms with Gasteiger partial charge >= 0.3 is 0 Å². The van der Waals surface area contributed by atoms with Crippen LogP contribution in [0.25, 0.3) is 55.8 Å². The van der Waals surface area contributed by atoms with Crippen molar-refractivity contribution in [3.8, 4) is 56.5 Å². The van der Waals surface area contributed by atoms with Gasteiger partial charge in [0, 0.05) is 38.4 Å². The third-order valence-electron chi connectivity index (χ3n) is 9.56. The maximum Gasteiger partial charge on any atom is 0.160 e. The highest BCUT2D eigenvalue weighted by Crippen LogP contribution is 2.59. The van der Waals surface area contributed by atoms with Crippen LogP contribution in [-0.2, 0) is 5.75 Å². The number of anilines is 3. The molecule has 7 aromatic carbocycles. The molecule has 0 N–H and O–H groups in total. The Balaban J connectivity index is 1.15. The van der Waals surface area contributed by atoms with Crippen molar-refractivity contribution in [1.82, 2.24) is 9.97 Å². The van der Waals surface area contributed by atoms with Gasteiger partial charge in [-0.1, -0.05) is 127 Å². The Labute approximate surface area is 294 Å². The van der Waals surface area contributed by atoms with Gasteiger partial charge in [-0.15, -0.1) is 11.8 Å². The van der Waals surface area contributed by atoms with Crippen LogP contribution in [0.1, 0.15) is 5.56 Å². The van der Waals surface area contributed by atoms with E-state index in [0.29, 0.717) is 5.82 Å². The Morgan fingerprint density at radius 1 is 0.560 bits per heavy atom. The SMILES string of the molecule is c1ccc(-c2cc(-c3ccc(N4c5ccccc5Oc5c4c4c(c6ccccc56)-c5ccccc5SC4)cc3)nc(-c3ccccc3)n2)cc1. The van der Waals surface area contributed by atoms with Gasteiger partial charge in [-0.2, -0.15) is 0 Å². The van der Waals surface area contributed by atoms with Crippen molar-refractivity contribution in [3.63, 3.8) is 0 Å². The van der Waals surface area contributed by atoms with Crippen LogP contribution < -0.4 is 9.64 Å². The highest BCUT2D eigenvalue weighted by Gasteiger charge is 2.34. The smallest absolute Gasteiger partial charge is 0.160 e. The molecule has 0 radical (unpaired) electrons. The van der Waals surface area contributed by atoms with Crippen LogP contribution in [-0.4, -0.2) is 9.97 Å². The largest absolute Gasteiger partial charge is 0.452 e. The molecule has 0 amide bonds. The molecule has 0 unspecified atom stereocenters. The van der Waals surface area contributed by atoms with Crippen molar-refractivity contribution in [1.29, 1.82) is 0 Å². The molecule has 4 nitrogen and oxygen atoms in total. The quantitative estimate of drug-likeness (QED) is 0.188. The minimum Gasteiger partial charge on any atom is -0.452 e. The van der Waals surface area contributed by atoms with Crippen molar-refractivity contribution >= 4 is 39.6 Å². The van der Waals surface area contributed by atoms with Gasteiger partial charge in [-0.3, -0.25) is 0 Å². The molecule has 2 aliphatic rings. The number of para-hydroxylation sites is 2. The van der Waals surface area contributed by atoms with Gasteiger partial charge in [-0.05, 0) is 58.5 Å². The molecule has 0 atom stereocenters. The van der Waals surface area contributed by atoms with Crippen molar-refractivity contribution in [2.75, 3.05) is 4.90 Å². The van der Waals surface area contributed by atoms with Crippen LogP contribution in [0.15, 0.2) is 169 Å². The zero-order chi connectivity index (χ0) is 33.0. The molecule has 0 saturated heterocycles. The fourth-order valence-electron chi connectivity index (χ4n) is 7.26. The number of nitrogens with zero attached hydrogens (tertiary/aromatic N) is 3. The fourth-order valence-corrected chi connectivity index (χ4v) is 8.34. The van der Waals surface area contributed by atoms with Crippen LogP contribution in [0.3, 0.4) is 0 Å². The van der Waals surface area contributed by atoms with E-state index < -0.39 is 0 Å². The summed E-state index contributed by atoms with van der Waals surface area (Å²) in [6.45, 7) is 0. The van der Waals surface area contributed by atoms with Gasteiger partial charge in [0.15, 0.2) is 17.3 Å². The topological polar surface area (TPSA) is 38.2 Å². The minimum atomic E-state index is 0.707. The van der Waals surface area contributed by atoms with Crippen LogP contribution in [0.5, 0.6) is 11.5 Å². The highest BCUT2D eigenvalue weighted by atomic mass is 32.2. The molecule has 3 heterocycles. The molecular formula is C45H29N3OS. The molecule has 8 aromatic rings. The number of aromatic nitrogens is 2. The lowest BCUT2D eigenvalue weighted by atomic mass is 9.90. The van der Waals surface area contributed by atoms with E-state index in [1.165, 1.54) is 27.0 Å². The van der Waals surface area contributed by atoms with Crippen LogP contribution in [0.4, 0.5) is 17.1 Å². The molecule has 0 spiro atoms. The summed E-state index contributed by atoms with van der Waals surface area (Å²) in [4.78, 5) is 13.8. The monoisotopic (exact) mass is 659 g/mol. The average Bonchev–Trinajstić information content (AvgIpc) is 3.20. The second-order valence-electron chi connectivity index (χ2n) is 12.5. The lowest BCUT2D eigenvalue weighted by Gasteiger charge is -2.37. The summed E-state index contributed by atoms with van der Waals surface area (Å²) in [5.74, 6) is 3.30. The van der Waals surface area contributed by atoms with E-state index in [-0.39, 0.29) is 0 Å². The van der Waals surface area contributed by atoms with Gasteiger partial charge in [0.2, 0.25) is 0 Å². The van der Waals surface area contributed by atoms with Crippen LogP contribution in [0.2, 0.25) is 0 Å². The predicted octanol–water partition coefficient (Wildman–Crippen LogP) is 12.5. The van der Waals surface area contributed by atoms with Crippen molar-refractivity contribution in [3.05, 3.63) is 169 Å². The third kappa shape index (κ3) is 4.70. The first-order chi connectivity index (χ1) is 24.8. The van der Waals surface area contributed by atoms with Crippen LogP contribution in [0, 0.1) is 0 Å². The normalized spacial score (nSPS) is 12.8. The first-order valence-corrected chi connectivity index (χ1v) is 17.8. The molecule has 5 heteroatoms. The van der Waals surface area contributed by atoms with E-state index >= 15 is 0 Å². The van der Waals surface area contributed by atoms with E-state index in [0.717, 1.165) is 67.8 Å². The molecule has 50 heavy (non-hydrogen) atoms. The first kappa shape index (κ1) is 28.8. The fraction of sp³-hybridized carbons (Fsp3) is 0.0222. The van der Waals surface area contributed by atoms with Gasteiger partial charge in [0.25, 0.3) is 0 Å². The van der Waals surface area contributed by atoms with Gasteiger partial charge in [0.05, 0.1) is 22.8 Å². The van der Waals surface area contributed by atoms with Crippen molar-refractivity contribution in [2.45, 2.75) is 10.6 Å². The minimum absolute atomic E-state index is 0.707. The van der Waals surface area contributed by atoms with E-state index in [4.69, 9.17) is 14.7 Å². The Bertz CT molecular complexity index is 2510. The Morgan fingerprint density at radius 2 is 1.18 bits per heavy atom. The number of benzene rings is 7. The zero-order valence-electron chi connectivity index (χ0n) is 27.0. The van der Waals surface area contributed by atoms with Crippen molar-refractivity contribution < 1.29 is 4.74 Å². The summed E-state index contributed by atoms with van der Waals surface area (Å²) < 4.78 is 6.83. The zero-order valence-corrected chi connectivity index (χ0v) is 27.8. The molecule has 0 saturated carbocycles. The van der Waals surface area contributed by atoms with Crippen molar-refractivity contribution in [2.24, 2.45) is 0 Å². The summed E-state index contributed by atoms with van der Waals surface area (Å²) in [6.07, 6.45) is 0. The Morgan fingerprint density at radius 3 is 1.96 bits per heavy atom. The maximum atomic E-state index is 6.83. The Hall–Kier alpha value is -6.17. The van der Waals surface area contributed by atoms with E-state index in [1.54, 1.807) is 0 Å². The summed E-state index contributed by atoms with van der Waals surface area (Å²) in [7, 11) is 0. The summed E-state index contributed by atoms with van der Waals surface area (Å²) >= 11 is 1.89. The summed E-state index contributed by atoms with van der Waals surface area (Å²) in [6, 6.07) is 57.1. The molecular weight excluding hydrogens is 631 g/mol. The lowest BCUT2D eigenvalue weighted by molar-refractivity contribution is 0.482. The Kier molecular flexibility index (Phi) is 6.78.